The van der Waals surface area contributed by atoms with Gasteiger partial charge in [0.15, 0.2) is 5.88 Å². The molecule has 1 aliphatic rings. The highest BCUT2D eigenvalue weighted by atomic mass is 32.1. The van der Waals surface area contributed by atoms with E-state index in [9.17, 15) is 4.79 Å². The normalized spacial score (nSPS) is 16.9. The molecule has 1 fully saturated rings. The first kappa shape index (κ1) is 18.3. The monoisotopic (exact) mass is 382 g/mol. The molecule has 4 rings (SSSR count). The number of fused-ring (bicyclic) bond motifs is 1. The van der Waals surface area contributed by atoms with Gasteiger partial charge in [0.25, 0.3) is 0 Å². The molecule has 1 aromatic carbocycles. The van der Waals surface area contributed by atoms with Gasteiger partial charge in [-0.2, -0.15) is 0 Å². The van der Waals surface area contributed by atoms with Gasteiger partial charge in [-0.25, -0.2) is 0 Å². The summed E-state index contributed by atoms with van der Waals surface area (Å²) < 4.78 is 5.83. The topological polar surface area (TPSA) is 59.5 Å². The summed E-state index contributed by atoms with van der Waals surface area (Å²) in [6.07, 6.45) is 2.11. The molecule has 27 heavy (non-hydrogen) atoms. The number of anilines is 1. The Bertz CT molecular complexity index is 958. The minimum absolute atomic E-state index is 0.0557. The molecule has 3 aromatic rings. The van der Waals surface area contributed by atoms with Crippen LogP contribution in [0.25, 0.3) is 11.0 Å². The van der Waals surface area contributed by atoms with Crippen LogP contribution in [0.4, 0.5) is 5.88 Å². The van der Waals surface area contributed by atoms with Gasteiger partial charge < -0.3 is 10.2 Å². The number of rotatable bonds is 3. The Morgan fingerprint density at radius 2 is 1.96 bits per heavy atom. The molecule has 3 heterocycles. The summed E-state index contributed by atoms with van der Waals surface area (Å²) in [4.78, 5) is 16.0. The Kier molecular flexibility index (Phi) is 4.60. The Morgan fingerprint density at radius 1 is 1.22 bits per heavy atom. The molecule has 0 radical (unpaired) electrons. The van der Waals surface area contributed by atoms with Crippen LogP contribution in [-0.2, 0) is 0 Å². The predicted molar refractivity (Wildman–Crippen MR) is 112 cm³/mol. The average Bonchev–Trinajstić information content (AvgIpc) is 3.27. The number of likely N-dealkylation sites (tertiary alicyclic amines) is 1. The summed E-state index contributed by atoms with van der Waals surface area (Å²) >= 11 is 1.47. The van der Waals surface area contributed by atoms with Gasteiger partial charge in [0.05, 0.1) is 4.88 Å². The minimum atomic E-state index is 0.0557. The van der Waals surface area contributed by atoms with Crippen molar-refractivity contribution in [3.63, 3.8) is 0 Å². The van der Waals surface area contributed by atoms with Gasteiger partial charge in [0, 0.05) is 22.1 Å². The second-order valence-corrected chi connectivity index (χ2v) is 9.28. The Hall–Kier alpha value is -2.11. The fraction of sp³-hybridized carbons (Fsp3) is 0.409. The summed E-state index contributed by atoms with van der Waals surface area (Å²) in [5.74, 6) is 0.928. The molecule has 5 heteroatoms. The zero-order chi connectivity index (χ0) is 19.2. The number of ketones is 1. The molecule has 1 aliphatic heterocycles. The van der Waals surface area contributed by atoms with E-state index in [0.717, 1.165) is 47.3 Å². The molecular weight excluding hydrogens is 356 g/mol. The average molecular weight is 383 g/mol. The molecule has 0 bridgehead atoms. The van der Waals surface area contributed by atoms with E-state index in [0.29, 0.717) is 17.4 Å². The van der Waals surface area contributed by atoms with Crippen molar-refractivity contribution >= 4 is 34.0 Å². The summed E-state index contributed by atoms with van der Waals surface area (Å²) in [7, 11) is 0. The standard InChI is InChI=1S/C22H26N2O2S/c1-22(2,3)24-10-8-14(9-11-24)19-16-13-15(6-7-17(16)26-21(19)23)20(25)18-5-4-12-27-18/h4-7,12-14H,8-11,23H2,1-3H3. The molecule has 142 valence electrons. The van der Waals surface area contributed by atoms with Crippen LogP contribution in [0.15, 0.2) is 40.1 Å². The third kappa shape index (κ3) is 3.42. The zero-order valence-electron chi connectivity index (χ0n) is 16.1. The van der Waals surface area contributed by atoms with E-state index in [1.807, 2.05) is 35.7 Å². The molecule has 2 aromatic heterocycles. The van der Waals surface area contributed by atoms with Crippen LogP contribution in [-0.4, -0.2) is 29.3 Å². The van der Waals surface area contributed by atoms with Gasteiger partial charge >= 0.3 is 0 Å². The molecule has 4 nitrogen and oxygen atoms in total. The molecular formula is C22H26N2O2S. The van der Waals surface area contributed by atoms with E-state index in [-0.39, 0.29) is 11.3 Å². The number of carbonyl (C=O) groups excluding carboxylic acids is 1. The number of piperidine rings is 1. The van der Waals surface area contributed by atoms with Crippen molar-refractivity contribution in [3.8, 4) is 0 Å². The second kappa shape index (κ2) is 6.80. The van der Waals surface area contributed by atoms with E-state index in [4.69, 9.17) is 10.2 Å². The number of hydrogen-bond donors (Lipinski definition) is 1. The van der Waals surface area contributed by atoms with Gasteiger partial charge in [-0.3, -0.25) is 9.69 Å². The largest absolute Gasteiger partial charge is 0.441 e. The Morgan fingerprint density at radius 3 is 2.59 bits per heavy atom. The lowest BCUT2D eigenvalue weighted by molar-refractivity contribution is 0.102. The number of nitrogens with two attached hydrogens (primary N) is 1. The lowest BCUT2D eigenvalue weighted by atomic mass is 9.86. The molecule has 0 unspecified atom stereocenters. The number of thiophene rings is 1. The van der Waals surface area contributed by atoms with Crippen LogP contribution >= 0.6 is 11.3 Å². The summed E-state index contributed by atoms with van der Waals surface area (Å²) in [5.41, 5.74) is 9.00. The van der Waals surface area contributed by atoms with Gasteiger partial charge in [-0.1, -0.05) is 6.07 Å². The number of carbonyl (C=O) groups is 1. The predicted octanol–water partition coefficient (Wildman–Crippen LogP) is 5.29. The zero-order valence-corrected chi connectivity index (χ0v) is 16.9. The molecule has 2 N–H and O–H groups in total. The quantitative estimate of drug-likeness (QED) is 0.626. The van der Waals surface area contributed by atoms with Crippen LogP contribution in [0.3, 0.4) is 0 Å². The molecule has 0 aliphatic carbocycles. The van der Waals surface area contributed by atoms with Crippen LogP contribution < -0.4 is 5.73 Å². The van der Waals surface area contributed by atoms with E-state index < -0.39 is 0 Å². The number of furan rings is 1. The van der Waals surface area contributed by atoms with Gasteiger partial charge in [-0.05, 0) is 82.3 Å². The third-order valence-electron chi connectivity index (χ3n) is 5.61. The lowest BCUT2D eigenvalue weighted by Gasteiger charge is -2.40. The fourth-order valence-electron chi connectivity index (χ4n) is 4.09. The van der Waals surface area contributed by atoms with Crippen molar-refractivity contribution in [2.45, 2.75) is 45.1 Å². The molecule has 0 spiro atoms. The van der Waals surface area contributed by atoms with Crippen LogP contribution in [0.1, 0.15) is 60.3 Å². The van der Waals surface area contributed by atoms with Crippen molar-refractivity contribution in [2.75, 3.05) is 18.8 Å². The van der Waals surface area contributed by atoms with Gasteiger partial charge in [-0.15, -0.1) is 11.3 Å². The maximum Gasteiger partial charge on any atom is 0.202 e. The highest BCUT2D eigenvalue weighted by Gasteiger charge is 2.30. The van der Waals surface area contributed by atoms with Crippen molar-refractivity contribution in [1.82, 2.24) is 4.90 Å². The van der Waals surface area contributed by atoms with Crippen LogP contribution in [0.5, 0.6) is 0 Å². The molecule has 0 saturated carbocycles. The second-order valence-electron chi connectivity index (χ2n) is 8.33. The van der Waals surface area contributed by atoms with Crippen molar-refractivity contribution in [1.29, 1.82) is 0 Å². The number of nitrogens with zero attached hydrogens (tertiary/aromatic N) is 1. The lowest BCUT2D eigenvalue weighted by Crippen LogP contribution is -2.45. The highest BCUT2D eigenvalue weighted by Crippen LogP contribution is 2.40. The van der Waals surface area contributed by atoms with Crippen molar-refractivity contribution < 1.29 is 9.21 Å². The molecule has 0 amide bonds. The number of nitrogen functional groups attached to an aromatic ring is 1. The van der Waals surface area contributed by atoms with Crippen LogP contribution in [0, 0.1) is 0 Å². The first-order valence-corrected chi connectivity index (χ1v) is 10.4. The first-order valence-electron chi connectivity index (χ1n) is 9.50. The smallest absolute Gasteiger partial charge is 0.202 e. The summed E-state index contributed by atoms with van der Waals surface area (Å²) in [5, 5.41) is 2.92. The van der Waals surface area contributed by atoms with E-state index in [2.05, 4.69) is 25.7 Å². The SMILES string of the molecule is CC(C)(C)N1CCC(c2c(N)oc3ccc(C(=O)c4cccs4)cc23)CC1. The van der Waals surface area contributed by atoms with E-state index >= 15 is 0 Å². The maximum absolute atomic E-state index is 12.7. The van der Waals surface area contributed by atoms with Crippen molar-refractivity contribution in [2.24, 2.45) is 0 Å². The maximum atomic E-state index is 12.7. The highest BCUT2D eigenvalue weighted by molar-refractivity contribution is 7.12. The Balaban J connectivity index is 1.66. The molecule has 1 saturated heterocycles. The van der Waals surface area contributed by atoms with Gasteiger partial charge in [0.1, 0.15) is 5.58 Å². The summed E-state index contributed by atoms with van der Waals surface area (Å²) in [6.45, 7) is 8.88. The third-order valence-corrected chi connectivity index (χ3v) is 6.48. The fourth-order valence-corrected chi connectivity index (χ4v) is 4.77. The first-order chi connectivity index (χ1) is 12.8. The number of benzene rings is 1. The van der Waals surface area contributed by atoms with Crippen molar-refractivity contribution in [3.05, 3.63) is 51.7 Å². The summed E-state index contributed by atoms with van der Waals surface area (Å²) in [6, 6.07) is 9.44. The van der Waals surface area contributed by atoms with E-state index in [1.165, 1.54) is 11.3 Å². The van der Waals surface area contributed by atoms with Gasteiger partial charge in [0.2, 0.25) is 5.78 Å². The molecule has 0 atom stereocenters. The Labute approximate surface area is 164 Å². The number of hydrogen-bond acceptors (Lipinski definition) is 5. The van der Waals surface area contributed by atoms with Crippen LogP contribution in [0.2, 0.25) is 0 Å². The van der Waals surface area contributed by atoms with E-state index in [1.54, 1.807) is 0 Å². The minimum Gasteiger partial charge on any atom is -0.441 e.